The minimum absolute atomic E-state index is 0.0590. The number of benzene rings is 1. The second-order valence-electron chi connectivity index (χ2n) is 5.78. The number of nitrogens with zero attached hydrogens (tertiary/aromatic N) is 2. The van der Waals surface area contributed by atoms with Gasteiger partial charge < -0.3 is 9.55 Å². The Balaban J connectivity index is 1.79. The van der Waals surface area contributed by atoms with Crippen LogP contribution in [0.3, 0.4) is 0 Å². The van der Waals surface area contributed by atoms with Crippen LogP contribution in [0.25, 0.3) is 10.9 Å². The van der Waals surface area contributed by atoms with Crippen molar-refractivity contribution < 1.29 is 4.79 Å². The number of hydrogen-bond donors (Lipinski definition) is 1. The lowest BCUT2D eigenvalue weighted by molar-refractivity contribution is 0.0901. The van der Waals surface area contributed by atoms with Gasteiger partial charge in [-0.1, -0.05) is 18.2 Å². The lowest BCUT2D eigenvalue weighted by Gasteiger charge is -2.21. The lowest BCUT2D eigenvalue weighted by Crippen LogP contribution is -2.25. The Morgan fingerprint density at radius 2 is 2.24 bits per heavy atom. The smallest absolute Gasteiger partial charge is 0.168 e. The molecule has 106 valence electrons. The molecule has 0 saturated carbocycles. The highest BCUT2D eigenvalue weighted by atomic mass is 16.1. The van der Waals surface area contributed by atoms with Gasteiger partial charge in [-0.2, -0.15) is 0 Å². The van der Waals surface area contributed by atoms with E-state index in [9.17, 15) is 4.79 Å². The molecule has 0 spiro atoms. The number of imidazole rings is 1. The highest BCUT2D eigenvalue weighted by Crippen LogP contribution is 2.34. The van der Waals surface area contributed by atoms with Crippen LogP contribution < -0.4 is 0 Å². The topological polar surface area (TPSA) is 50.7 Å². The van der Waals surface area contributed by atoms with E-state index < -0.39 is 0 Å². The molecule has 0 bridgehead atoms. The summed E-state index contributed by atoms with van der Waals surface area (Å²) in [5, 5.41) is 1.09. The third-order valence-electron chi connectivity index (χ3n) is 4.60. The fourth-order valence-electron chi connectivity index (χ4n) is 3.52. The number of rotatable bonds is 2. The zero-order valence-electron chi connectivity index (χ0n) is 12.0. The van der Waals surface area contributed by atoms with E-state index in [0.29, 0.717) is 0 Å². The predicted octanol–water partition coefficient (Wildman–Crippen LogP) is 2.89. The number of aryl methyl sites for hydroxylation is 1. The molecule has 1 unspecified atom stereocenters. The molecule has 21 heavy (non-hydrogen) atoms. The van der Waals surface area contributed by atoms with E-state index in [1.807, 2.05) is 18.3 Å². The Morgan fingerprint density at radius 1 is 1.38 bits per heavy atom. The first-order chi connectivity index (χ1) is 10.3. The summed E-state index contributed by atoms with van der Waals surface area (Å²) in [5.74, 6) is 0.339. The summed E-state index contributed by atoms with van der Waals surface area (Å²) >= 11 is 0. The second kappa shape index (κ2) is 4.58. The van der Waals surface area contributed by atoms with Crippen LogP contribution in [0.4, 0.5) is 0 Å². The summed E-state index contributed by atoms with van der Waals surface area (Å²) in [6, 6.07) is 8.18. The van der Waals surface area contributed by atoms with Gasteiger partial charge in [0.05, 0.1) is 6.33 Å². The molecule has 3 aromatic rings. The normalized spacial score (nSPS) is 18.1. The first-order valence-electron chi connectivity index (χ1n) is 7.33. The van der Waals surface area contributed by atoms with Crippen LogP contribution in [0.1, 0.15) is 28.2 Å². The molecule has 1 atom stereocenters. The van der Waals surface area contributed by atoms with Gasteiger partial charge in [-0.3, -0.25) is 4.79 Å². The van der Waals surface area contributed by atoms with E-state index in [4.69, 9.17) is 0 Å². The molecule has 1 N–H and O–H groups in total. The lowest BCUT2D eigenvalue weighted by atomic mass is 9.82. The monoisotopic (exact) mass is 279 g/mol. The zero-order chi connectivity index (χ0) is 14.4. The molecular formula is C17H17N3O. The van der Waals surface area contributed by atoms with Gasteiger partial charge in [-0.15, -0.1) is 0 Å². The molecule has 0 fully saturated rings. The van der Waals surface area contributed by atoms with Crippen LogP contribution in [0.5, 0.6) is 0 Å². The summed E-state index contributed by atoms with van der Waals surface area (Å²) in [4.78, 5) is 20.1. The molecule has 0 saturated heterocycles. The van der Waals surface area contributed by atoms with Crippen LogP contribution in [0, 0.1) is 5.92 Å². The van der Waals surface area contributed by atoms with Gasteiger partial charge in [0.1, 0.15) is 0 Å². The van der Waals surface area contributed by atoms with Gasteiger partial charge in [0.2, 0.25) is 0 Å². The maximum atomic E-state index is 12.9. The van der Waals surface area contributed by atoms with Crippen molar-refractivity contribution in [2.24, 2.45) is 13.0 Å². The number of para-hydroxylation sites is 1. The number of aromatic amines is 1. The highest BCUT2D eigenvalue weighted by Gasteiger charge is 2.32. The van der Waals surface area contributed by atoms with Crippen LogP contribution >= 0.6 is 0 Å². The molecule has 0 radical (unpaired) electrons. The molecule has 1 aliphatic carbocycles. The molecule has 4 heteroatoms. The van der Waals surface area contributed by atoms with Gasteiger partial charge in [-0.25, -0.2) is 4.98 Å². The number of carbonyl (C=O) groups is 1. The van der Waals surface area contributed by atoms with E-state index in [2.05, 4.69) is 33.7 Å². The summed E-state index contributed by atoms with van der Waals surface area (Å²) < 4.78 is 2.18. The zero-order valence-corrected chi connectivity index (χ0v) is 12.0. The number of carbonyl (C=O) groups excluding carboxylic acids is 1. The summed E-state index contributed by atoms with van der Waals surface area (Å²) in [6.45, 7) is 0. The van der Waals surface area contributed by atoms with Crippen molar-refractivity contribution in [3.8, 4) is 0 Å². The van der Waals surface area contributed by atoms with E-state index in [1.165, 1.54) is 5.69 Å². The number of aromatic nitrogens is 3. The second-order valence-corrected chi connectivity index (χ2v) is 5.78. The van der Waals surface area contributed by atoms with Gasteiger partial charge >= 0.3 is 0 Å². The number of fused-ring (bicyclic) bond motifs is 3. The van der Waals surface area contributed by atoms with Crippen molar-refractivity contribution in [1.29, 1.82) is 0 Å². The maximum absolute atomic E-state index is 12.9. The van der Waals surface area contributed by atoms with Gasteiger partial charge in [0, 0.05) is 47.0 Å². The van der Waals surface area contributed by atoms with Crippen molar-refractivity contribution in [2.75, 3.05) is 0 Å². The Labute approximate surface area is 122 Å². The van der Waals surface area contributed by atoms with E-state index >= 15 is 0 Å². The number of H-pyrrole nitrogens is 1. The van der Waals surface area contributed by atoms with E-state index in [1.54, 1.807) is 6.33 Å². The number of hydrogen-bond acceptors (Lipinski definition) is 2. The largest absolute Gasteiger partial charge is 0.348 e. The first kappa shape index (κ1) is 12.4. The van der Waals surface area contributed by atoms with E-state index in [-0.39, 0.29) is 11.7 Å². The van der Waals surface area contributed by atoms with Crippen LogP contribution in [0.2, 0.25) is 0 Å². The average Bonchev–Trinajstić information content (AvgIpc) is 3.10. The third-order valence-corrected chi connectivity index (χ3v) is 4.60. The molecule has 1 aromatic carbocycles. The summed E-state index contributed by atoms with van der Waals surface area (Å²) in [7, 11) is 2.06. The molecule has 4 nitrogen and oxygen atoms in total. The van der Waals surface area contributed by atoms with Crippen molar-refractivity contribution in [2.45, 2.75) is 19.3 Å². The Morgan fingerprint density at radius 3 is 3.05 bits per heavy atom. The average molecular weight is 279 g/mol. The van der Waals surface area contributed by atoms with Crippen molar-refractivity contribution in [3.63, 3.8) is 0 Å². The first-order valence-corrected chi connectivity index (χ1v) is 7.33. The minimum Gasteiger partial charge on any atom is -0.348 e. The maximum Gasteiger partial charge on any atom is 0.168 e. The summed E-state index contributed by atoms with van der Waals surface area (Å²) in [6.07, 6.45) is 6.11. The van der Waals surface area contributed by atoms with Crippen molar-refractivity contribution in [1.82, 2.24) is 14.5 Å². The fourth-order valence-corrected chi connectivity index (χ4v) is 3.52. The van der Waals surface area contributed by atoms with Crippen molar-refractivity contribution >= 4 is 16.7 Å². The SMILES string of the molecule is Cn1c2c(c3ccccc31)C(=O)C(Cc1cnc[nH]1)CC2. The molecule has 2 heterocycles. The van der Waals surface area contributed by atoms with Gasteiger partial charge in [0.25, 0.3) is 0 Å². The molecule has 0 amide bonds. The van der Waals surface area contributed by atoms with Crippen molar-refractivity contribution in [3.05, 3.63) is 53.7 Å². The summed E-state index contributed by atoms with van der Waals surface area (Å²) in [5.41, 5.74) is 4.31. The predicted molar refractivity (Wildman–Crippen MR) is 81.4 cm³/mol. The minimum atomic E-state index is 0.0590. The van der Waals surface area contributed by atoms with E-state index in [0.717, 1.165) is 41.4 Å². The number of nitrogens with one attached hydrogen (secondary N) is 1. The van der Waals surface area contributed by atoms with Gasteiger partial charge in [-0.05, 0) is 25.3 Å². The molecular weight excluding hydrogens is 262 g/mol. The fraction of sp³-hybridized carbons (Fsp3) is 0.294. The molecule has 2 aromatic heterocycles. The number of ketones is 1. The van der Waals surface area contributed by atoms with Gasteiger partial charge in [0.15, 0.2) is 5.78 Å². The molecule has 1 aliphatic rings. The Bertz CT molecular complexity index is 814. The third kappa shape index (κ3) is 1.82. The molecule has 0 aliphatic heterocycles. The Hall–Kier alpha value is -2.36. The highest BCUT2D eigenvalue weighted by molar-refractivity contribution is 6.11. The Kier molecular flexibility index (Phi) is 2.70. The standard InChI is InChI=1S/C17H17N3O/c1-20-14-5-3-2-4-13(14)16-15(20)7-6-11(17(16)21)8-12-9-18-10-19-12/h2-5,9-11H,6-8H2,1H3,(H,18,19). The quantitative estimate of drug-likeness (QED) is 0.784. The van der Waals surface area contributed by atoms with Crippen LogP contribution in [0.15, 0.2) is 36.8 Å². The molecule has 4 rings (SSSR count). The van der Waals surface area contributed by atoms with Crippen LogP contribution in [-0.2, 0) is 19.9 Å². The van der Waals surface area contributed by atoms with Crippen LogP contribution in [-0.4, -0.2) is 20.3 Å². The number of Topliss-reactive ketones (excluding diaryl/α,β-unsaturated/α-hetero) is 1.